The molecule has 1 N–H and O–H groups in total. The number of hydrogen-bond acceptors (Lipinski definition) is 12. The van der Waals surface area contributed by atoms with Crippen LogP contribution in [-0.4, -0.2) is 176 Å². The van der Waals surface area contributed by atoms with Gasteiger partial charge in [0.25, 0.3) is 0 Å². The quantitative estimate of drug-likeness (QED) is 0.267. The molecule has 0 aromatic rings. The Hall–Kier alpha value is 1.76. The van der Waals surface area contributed by atoms with E-state index in [4.69, 9.17) is 37.5 Å². The van der Waals surface area contributed by atoms with Gasteiger partial charge in [-0.25, -0.2) is 0 Å². The third kappa shape index (κ3) is 18.8. The maximum atomic E-state index is 6.41. The molecule has 298 valence electrons. The van der Waals surface area contributed by atoms with E-state index in [2.05, 4.69) is 67.6 Å². The van der Waals surface area contributed by atoms with Gasteiger partial charge < -0.3 is 0 Å². The summed E-state index contributed by atoms with van der Waals surface area (Å²) in [6.45, 7) is 23.1. The molecule has 12 nitrogen and oxygen atoms in total. The number of nitrogens with zero attached hydrogens (tertiary/aromatic N) is 3. The van der Waals surface area contributed by atoms with Crippen LogP contribution in [0, 0.1) is 0 Å². The zero-order chi connectivity index (χ0) is 33.2. The van der Waals surface area contributed by atoms with E-state index in [1.165, 1.54) is 37.6 Å². The Morgan fingerprint density at radius 1 is 0.571 bits per heavy atom. The molecule has 4 aliphatic heterocycles. The molecule has 10 unspecified atom stereocenters. The van der Waals surface area contributed by atoms with Crippen LogP contribution in [0.2, 0.25) is 0 Å². The molecule has 10 atom stereocenters. The van der Waals surface area contributed by atoms with Crippen LogP contribution < -0.4 is 5.32 Å². The third-order valence-electron chi connectivity index (χ3n) is 8.08. The average Bonchev–Trinajstić information content (AvgIpc) is 2.95. The average molecular weight is 1090 g/mol. The monoisotopic (exact) mass is 1090 g/mol. The fraction of sp³-hybridized carbons (Fsp3) is 1.00. The number of nitrogens with one attached hydrogen (secondary N) is 1. The summed E-state index contributed by atoms with van der Waals surface area (Å²) in [5, 5.41) is 0.326. The van der Waals surface area contributed by atoms with Gasteiger partial charge in [-0.15, -0.1) is 0 Å². The van der Waals surface area contributed by atoms with Crippen molar-refractivity contribution in [2.24, 2.45) is 0 Å². The molecular weight excluding hydrogens is 1010 g/mol. The van der Waals surface area contributed by atoms with Gasteiger partial charge in [0.1, 0.15) is 0 Å². The standard InChI is InChI=1S/C15H31N2O4P.C14H29N2O4P.4CH4.2W/c1-12-6-16(3)8-14(20-12)11-19-22(5)17-7-13(2)21-15(9-17)10-18-4;1-11-5-15-6-13(19-11)10-18-21(4)16-7-12(2)20-14(8-16)9-17-3;;;;;;/h12-15H,6-11H2,1-5H3;11-15H,5-10H2,1-4H3;4*1H4;;. The van der Waals surface area contributed by atoms with Crippen molar-refractivity contribution in [3.63, 3.8) is 0 Å². The van der Waals surface area contributed by atoms with E-state index in [1.807, 2.05) is 0 Å². The Morgan fingerprint density at radius 2 is 0.959 bits per heavy atom. The molecular formula is C33H76N4O8P2W2. The van der Waals surface area contributed by atoms with Crippen molar-refractivity contribution in [2.75, 3.05) is 113 Å². The zero-order valence-electron chi connectivity index (χ0n) is 28.9. The minimum absolute atomic E-state index is 0. The molecule has 0 radical (unpaired) electrons. The van der Waals surface area contributed by atoms with Gasteiger partial charge in [0, 0.05) is 0 Å². The molecule has 0 amide bonds. The van der Waals surface area contributed by atoms with E-state index < -0.39 is 10.5 Å². The topological polar surface area (TPSA) is 95.6 Å². The van der Waals surface area contributed by atoms with Crippen LogP contribution in [0.1, 0.15) is 57.4 Å². The molecule has 0 aromatic carbocycles. The molecule has 16 heteroatoms. The summed E-state index contributed by atoms with van der Waals surface area (Å²) >= 11 is 3.04. The minimum atomic E-state index is -1.54. The molecule has 4 aliphatic rings. The van der Waals surface area contributed by atoms with Crippen LogP contribution in [0.5, 0.6) is 0 Å². The number of rotatable bonds is 12. The van der Waals surface area contributed by atoms with Crippen LogP contribution in [-0.2, 0) is 75.1 Å². The Balaban J connectivity index is 0. The summed E-state index contributed by atoms with van der Waals surface area (Å²) in [7, 11) is 5.60. The summed E-state index contributed by atoms with van der Waals surface area (Å²) in [4.78, 5) is 2.33. The van der Waals surface area contributed by atoms with Crippen LogP contribution in [0.25, 0.3) is 0 Å². The van der Waals surface area contributed by atoms with Crippen molar-refractivity contribution < 1.29 is 75.1 Å². The number of methoxy groups -OCH3 is 2. The Bertz CT molecular complexity index is 970. The second-order valence-corrected chi connectivity index (χ2v) is 32.5. The summed E-state index contributed by atoms with van der Waals surface area (Å²) in [6, 6.07) is 0. The normalized spacial score (nSPS) is 33.8. The molecule has 4 saturated heterocycles. The van der Waals surface area contributed by atoms with E-state index >= 15 is 0 Å². The Kier molecular flexibility index (Phi) is 27.8. The molecule has 0 spiro atoms. The second-order valence-electron chi connectivity index (χ2n) is 13.0. The van der Waals surface area contributed by atoms with Crippen molar-refractivity contribution >= 4 is 10.5 Å². The van der Waals surface area contributed by atoms with Crippen molar-refractivity contribution in [3.05, 3.63) is 0 Å². The predicted octanol–water partition coefficient (Wildman–Crippen LogP) is 5.00. The van der Waals surface area contributed by atoms with Gasteiger partial charge >= 0.3 is 295 Å². The number of likely N-dealkylation sites (N-methyl/N-ethyl adjacent to an activating group) is 1. The van der Waals surface area contributed by atoms with Gasteiger partial charge in [0.15, 0.2) is 0 Å². The van der Waals surface area contributed by atoms with E-state index in [1.54, 1.807) is 14.2 Å². The van der Waals surface area contributed by atoms with E-state index in [0.717, 1.165) is 52.4 Å². The van der Waals surface area contributed by atoms with Crippen LogP contribution in [0.3, 0.4) is 0 Å². The van der Waals surface area contributed by atoms with Gasteiger partial charge in [-0.1, -0.05) is 29.7 Å². The van der Waals surface area contributed by atoms with E-state index in [0.29, 0.717) is 26.4 Å². The first kappa shape index (κ1) is 52.9. The summed E-state index contributed by atoms with van der Waals surface area (Å²) < 4.78 is 52.1. The van der Waals surface area contributed by atoms with Gasteiger partial charge in [0.05, 0.1) is 0 Å². The molecule has 4 heterocycles. The molecule has 4 fully saturated rings. The Labute approximate surface area is 323 Å². The first-order valence-electron chi connectivity index (χ1n) is 16.1. The van der Waals surface area contributed by atoms with Crippen molar-refractivity contribution in [3.8, 4) is 0 Å². The van der Waals surface area contributed by atoms with Gasteiger partial charge in [-0.3, -0.25) is 0 Å². The first-order valence-corrected chi connectivity index (χ1v) is 28.1. The van der Waals surface area contributed by atoms with E-state index in [-0.39, 0.29) is 78.5 Å². The SMILES string of the molecule is C.C.C.C.COCC1CN([P](C)(=[W])OCC2CN(C)CC(C)O2)CC(C)O1.COCC1CN([P](C)(=[W])OCC2CNCC(C)O2)CC(C)O1. The van der Waals surface area contributed by atoms with Crippen LogP contribution in [0.15, 0.2) is 0 Å². The fourth-order valence-corrected chi connectivity index (χ4v) is 13.5. The fourth-order valence-electron chi connectivity index (χ4n) is 6.14. The van der Waals surface area contributed by atoms with Crippen molar-refractivity contribution in [1.82, 2.24) is 19.6 Å². The maximum absolute atomic E-state index is 6.41. The Morgan fingerprint density at radius 3 is 1.37 bits per heavy atom. The van der Waals surface area contributed by atoms with Gasteiger partial charge in [-0.2, -0.15) is 0 Å². The number of ether oxygens (including phenoxy) is 6. The summed E-state index contributed by atoms with van der Waals surface area (Å²) in [6.07, 6.45) is 1.63. The van der Waals surface area contributed by atoms with Crippen molar-refractivity contribution in [1.29, 1.82) is 0 Å². The summed E-state index contributed by atoms with van der Waals surface area (Å²) in [5.74, 6) is 0. The second kappa shape index (κ2) is 25.8. The van der Waals surface area contributed by atoms with Crippen LogP contribution >= 0.6 is 10.5 Å². The molecule has 49 heavy (non-hydrogen) atoms. The van der Waals surface area contributed by atoms with E-state index in [9.17, 15) is 0 Å². The van der Waals surface area contributed by atoms with Crippen LogP contribution in [0.4, 0.5) is 0 Å². The van der Waals surface area contributed by atoms with Gasteiger partial charge in [0.2, 0.25) is 0 Å². The van der Waals surface area contributed by atoms with Gasteiger partial charge in [-0.05, 0) is 0 Å². The number of morpholine rings is 4. The predicted molar refractivity (Wildman–Crippen MR) is 199 cm³/mol. The van der Waals surface area contributed by atoms with Crippen molar-refractivity contribution in [2.45, 2.75) is 106 Å². The molecule has 0 saturated carbocycles. The summed E-state index contributed by atoms with van der Waals surface area (Å²) in [5.41, 5.74) is 0. The first-order chi connectivity index (χ1) is 21.2. The zero-order valence-corrected chi connectivity index (χ0v) is 36.6. The molecule has 0 aromatic heterocycles. The number of hydrogen-bond donors (Lipinski definition) is 1. The molecule has 0 bridgehead atoms. The third-order valence-corrected chi connectivity index (χ3v) is 19.3. The molecule has 0 aliphatic carbocycles. The molecule has 4 rings (SSSR count).